The summed E-state index contributed by atoms with van der Waals surface area (Å²) in [5, 5.41) is 2.87. The number of rotatable bonds is 12. The van der Waals surface area contributed by atoms with Crippen LogP contribution in [0.3, 0.4) is 0 Å². The molecule has 0 saturated carbocycles. The molecule has 0 aliphatic carbocycles. The van der Waals surface area contributed by atoms with E-state index in [4.69, 9.17) is 18.6 Å². The van der Waals surface area contributed by atoms with Gasteiger partial charge in [0.15, 0.2) is 17.3 Å². The summed E-state index contributed by atoms with van der Waals surface area (Å²) in [5.74, 6) is 2.64. The molecule has 2 aromatic carbocycles. The van der Waals surface area contributed by atoms with Crippen molar-refractivity contribution in [3.05, 3.63) is 89.9 Å². The van der Waals surface area contributed by atoms with Crippen molar-refractivity contribution in [3.63, 3.8) is 0 Å². The Morgan fingerprint density at radius 1 is 0.969 bits per heavy atom. The number of para-hydroxylation sites is 1. The molecule has 6 heteroatoms. The monoisotopic (exact) mass is 435 g/mol. The van der Waals surface area contributed by atoms with E-state index in [2.05, 4.69) is 11.9 Å². The van der Waals surface area contributed by atoms with Crippen LogP contribution in [0.1, 0.15) is 41.3 Å². The zero-order chi connectivity index (χ0) is 22.8. The second kappa shape index (κ2) is 11.6. The van der Waals surface area contributed by atoms with E-state index in [0.717, 1.165) is 23.3 Å². The molecule has 0 unspecified atom stereocenters. The number of hydrogen-bond donors (Lipinski definition) is 1. The first-order chi connectivity index (χ1) is 15.6. The van der Waals surface area contributed by atoms with E-state index < -0.39 is 0 Å². The Morgan fingerprint density at radius 2 is 1.75 bits per heavy atom. The van der Waals surface area contributed by atoms with Crippen LogP contribution in [0.2, 0.25) is 0 Å². The van der Waals surface area contributed by atoms with Gasteiger partial charge in [-0.3, -0.25) is 4.79 Å². The lowest BCUT2D eigenvalue weighted by Crippen LogP contribution is -2.22. The molecule has 0 fully saturated rings. The lowest BCUT2D eigenvalue weighted by Gasteiger charge is -2.12. The Kier molecular flexibility index (Phi) is 8.37. The van der Waals surface area contributed by atoms with Crippen molar-refractivity contribution in [2.24, 2.45) is 0 Å². The quantitative estimate of drug-likeness (QED) is 0.390. The summed E-state index contributed by atoms with van der Waals surface area (Å²) in [4.78, 5) is 12.5. The van der Waals surface area contributed by atoms with E-state index in [1.165, 1.54) is 0 Å². The fraction of sp³-hybridized carbons (Fsp3) is 0.269. The van der Waals surface area contributed by atoms with Crippen molar-refractivity contribution in [1.29, 1.82) is 0 Å². The lowest BCUT2D eigenvalue weighted by atomic mass is 10.1. The minimum atomic E-state index is -0.296. The molecule has 32 heavy (non-hydrogen) atoms. The van der Waals surface area contributed by atoms with Gasteiger partial charge in [-0.25, -0.2) is 0 Å². The maximum atomic E-state index is 12.5. The summed E-state index contributed by atoms with van der Waals surface area (Å²) in [7, 11) is 0. The first kappa shape index (κ1) is 23.0. The Morgan fingerprint density at radius 3 is 2.53 bits per heavy atom. The van der Waals surface area contributed by atoms with Crippen LogP contribution in [0.4, 0.5) is 0 Å². The maximum absolute atomic E-state index is 12.5. The molecule has 0 atom stereocenters. The molecule has 0 spiro atoms. The molecule has 0 aliphatic rings. The summed E-state index contributed by atoms with van der Waals surface area (Å²) in [5.41, 5.74) is 1.95. The number of carbonyl (C=O) groups excluding carboxylic acids is 1. The largest absolute Gasteiger partial charge is 0.490 e. The second-order valence-corrected chi connectivity index (χ2v) is 6.98. The van der Waals surface area contributed by atoms with Gasteiger partial charge in [0.2, 0.25) is 0 Å². The number of benzene rings is 2. The number of amides is 1. The summed E-state index contributed by atoms with van der Waals surface area (Å²) in [6, 6.07) is 16.8. The molecule has 0 radical (unpaired) electrons. The molecule has 6 nitrogen and oxygen atoms in total. The van der Waals surface area contributed by atoms with Gasteiger partial charge in [0, 0.05) is 6.54 Å². The highest BCUT2D eigenvalue weighted by Gasteiger charge is 2.13. The van der Waals surface area contributed by atoms with Gasteiger partial charge in [0.05, 0.1) is 13.2 Å². The summed E-state index contributed by atoms with van der Waals surface area (Å²) < 4.78 is 22.7. The number of carbonyl (C=O) groups is 1. The number of nitrogens with one attached hydrogen (secondary N) is 1. The molecule has 3 aromatic rings. The van der Waals surface area contributed by atoms with Gasteiger partial charge in [0.1, 0.15) is 18.1 Å². The highest BCUT2D eigenvalue weighted by molar-refractivity contribution is 5.91. The molecule has 0 aliphatic heterocycles. The van der Waals surface area contributed by atoms with Crippen LogP contribution in [0.15, 0.2) is 71.7 Å². The maximum Gasteiger partial charge on any atom is 0.287 e. The molecule has 168 valence electrons. The van der Waals surface area contributed by atoms with Crippen molar-refractivity contribution < 1.29 is 23.4 Å². The predicted molar refractivity (Wildman–Crippen MR) is 123 cm³/mol. The first-order valence-corrected chi connectivity index (χ1v) is 10.7. The Hall–Kier alpha value is -3.67. The van der Waals surface area contributed by atoms with Gasteiger partial charge in [0.25, 0.3) is 5.91 Å². The van der Waals surface area contributed by atoms with Gasteiger partial charge in [-0.05, 0) is 61.7 Å². The van der Waals surface area contributed by atoms with E-state index >= 15 is 0 Å². The van der Waals surface area contributed by atoms with Gasteiger partial charge in [-0.15, -0.1) is 6.58 Å². The molecule has 1 amide bonds. The fourth-order valence-electron chi connectivity index (χ4n) is 3.17. The Labute approximate surface area is 188 Å². The van der Waals surface area contributed by atoms with E-state index in [1.54, 1.807) is 12.1 Å². The van der Waals surface area contributed by atoms with Crippen LogP contribution < -0.4 is 19.5 Å². The Bertz CT molecular complexity index is 1040. The molecule has 0 saturated heterocycles. The highest BCUT2D eigenvalue weighted by Crippen LogP contribution is 2.28. The smallest absolute Gasteiger partial charge is 0.287 e. The Balaban J connectivity index is 1.57. The average Bonchev–Trinajstić information content (AvgIpc) is 3.28. The van der Waals surface area contributed by atoms with Crippen LogP contribution in [-0.4, -0.2) is 19.1 Å². The number of furan rings is 1. The standard InChI is InChI=1S/C26H29NO5/c1-4-9-20-10-7-8-11-22(20)31-18-21-13-15-24(32-21)26(28)27-17-19-12-14-23(29-5-2)25(16-19)30-6-3/h4,7-8,10-16H,1,5-6,9,17-18H2,2-3H3,(H,27,28). The third-order valence-corrected chi connectivity index (χ3v) is 4.65. The summed E-state index contributed by atoms with van der Waals surface area (Å²) in [6.07, 6.45) is 2.55. The van der Waals surface area contributed by atoms with Gasteiger partial charge >= 0.3 is 0 Å². The van der Waals surface area contributed by atoms with Crippen molar-refractivity contribution >= 4 is 5.91 Å². The first-order valence-electron chi connectivity index (χ1n) is 10.7. The van der Waals surface area contributed by atoms with Gasteiger partial charge < -0.3 is 23.9 Å². The zero-order valence-electron chi connectivity index (χ0n) is 18.6. The SMILES string of the molecule is C=CCc1ccccc1OCc1ccc(C(=O)NCc2ccc(OCC)c(OCC)c2)o1. The van der Waals surface area contributed by atoms with Crippen LogP contribution >= 0.6 is 0 Å². The van der Waals surface area contributed by atoms with Crippen LogP contribution in [0.5, 0.6) is 17.2 Å². The van der Waals surface area contributed by atoms with Crippen LogP contribution in [-0.2, 0) is 19.6 Å². The molecular weight excluding hydrogens is 406 g/mol. The van der Waals surface area contributed by atoms with E-state index in [9.17, 15) is 4.79 Å². The third kappa shape index (κ3) is 6.17. The number of allylic oxidation sites excluding steroid dienone is 1. The van der Waals surface area contributed by atoms with Crippen molar-refractivity contribution in [1.82, 2.24) is 5.32 Å². The van der Waals surface area contributed by atoms with E-state index in [1.807, 2.05) is 62.4 Å². The third-order valence-electron chi connectivity index (χ3n) is 4.65. The van der Waals surface area contributed by atoms with Crippen molar-refractivity contribution in [2.45, 2.75) is 33.4 Å². The van der Waals surface area contributed by atoms with Crippen LogP contribution in [0.25, 0.3) is 0 Å². The highest BCUT2D eigenvalue weighted by atomic mass is 16.5. The summed E-state index contributed by atoms with van der Waals surface area (Å²) >= 11 is 0. The fourth-order valence-corrected chi connectivity index (χ4v) is 3.17. The van der Waals surface area contributed by atoms with E-state index in [-0.39, 0.29) is 18.3 Å². The van der Waals surface area contributed by atoms with Gasteiger partial charge in [-0.2, -0.15) is 0 Å². The lowest BCUT2D eigenvalue weighted by molar-refractivity contribution is 0.0919. The summed E-state index contributed by atoms with van der Waals surface area (Å²) in [6.45, 7) is 9.28. The van der Waals surface area contributed by atoms with Crippen molar-refractivity contribution in [3.8, 4) is 17.2 Å². The van der Waals surface area contributed by atoms with E-state index in [0.29, 0.717) is 37.0 Å². The molecule has 1 aromatic heterocycles. The minimum absolute atomic E-state index is 0.234. The molecular formula is C26H29NO5. The normalized spacial score (nSPS) is 10.4. The number of ether oxygens (including phenoxy) is 3. The minimum Gasteiger partial charge on any atom is -0.490 e. The number of hydrogen-bond acceptors (Lipinski definition) is 5. The average molecular weight is 436 g/mol. The topological polar surface area (TPSA) is 69.9 Å². The molecule has 0 bridgehead atoms. The van der Waals surface area contributed by atoms with Gasteiger partial charge in [-0.1, -0.05) is 30.3 Å². The predicted octanol–water partition coefficient (Wildman–Crippen LogP) is 5.31. The molecule has 1 N–H and O–H groups in total. The second-order valence-electron chi connectivity index (χ2n) is 6.98. The molecule has 3 rings (SSSR count). The van der Waals surface area contributed by atoms with Crippen molar-refractivity contribution in [2.75, 3.05) is 13.2 Å². The molecule has 1 heterocycles. The zero-order valence-corrected chi connectivity index (χ0v) is 18.6. The van der Waals surface area contributed by atoms with Crippen LogP contribution in [0, 0.1) is 0 Å².